The van der Waals surface area contributed by atoms with Gasteiger partial charge in [0.05, 0.1) is 18.8 Å². The molecule has 1 aliphatic heterocycles. The summed E-state index contributed by atoms with van der Waals surface area (Å²) in [5.41, 5.74) is 0.783. The first-order chi connectivity index (χ1) is 11.2. The van der Waals surface area contributed by atoms with E-state index in [4.69, 9.17) is 4.74 Å². The van der Waals surface area contributed by atoms with Crippen molar-refractivity contribution in [1.82, 2.24) is 24.5 Å². The first-order valence-corrected chi connectivity index (χ1v) is 7.94. The lowest BCUT2D eigenvalue weighted by molar-refractivity contribution is -0.129. The lowest BCUT2D eigenvalue weighted by atomic mass is 10.3. The van der Waals surface area contributed by atoms with E-state index in [9.17, 15) is 4.79 Å². The molecule has 2 aromatic heterocycles. The van der Waals surface area contributed by atoms with Gasteiger partial charge in [-0.2, -0.15) is 14.6 Å². The van der Waals surface area contributed by atoms with Crippen molar-refractivity contribution in [3.8, 4) is 0 Å². The highest BCUT2D eigenvalue weighted by molar-refractivity contribution is 5.81. The van der Waals surface area contributed by atoms with E-state index in [-0.39, 0.29) is 5.91 Å². The van der Waals surface area contributed by atoms with Crippen LogP contribution in [0.5, 0.6) is 0 Å². The molecule has 8 heteroatoms. The summed E-state index contributed by atoms with van der Waals surface area (Å²) in [5.74, 6) is 1.52. The molecule has 0 bridgehead atoms. The molecule has 0 radical (unpaired) electrons. The zero-order valence-corrected chi connectivity index (χ0v) is 13.6. The molecule has 0 spiro atoms. The number of methoxy groups -OCH3 is 1. The number of hydrogen-bond acceptors (Lipinski definition) is 6. The predicted molar refractivity (Wildman–Crippen MR) is 85.2 cm³/mol. The number of carbonyl (C=O) groups excluding carboxylic acids is 1. The van der Waals surface area contributed by atoms with Crippen LogP contribution in [0, 0.1) is 0 Å². The summed E-state index contributed by atoms with van der Waals surface area (Å²) in [6.45, 7) is 5.27. The van der Waals surface area contributed by atoms with Crippen molar-refractivity contribution in [2.45, 2.75) is 26.4 Å². The second kappa shape index (κ2) is 6.91. The highest BCUT2D eigenvalue weighted by Gasteiger charge is 2.23. The molecule has 124 valence electrons. The van der Waals surface area contributed by atoms with E-state index in [1.165, 1.54) is 6.33 Å². The summed E-state index contributed by atoms with van der Waals surface area (Å²) in [7, 11) is 1.63. The second-order valence-electron chi connectivity index (χ2n) is 5.67. The van der Waals surface area contributed by atoms with Crippen LogP contribution in [0.4, 0.5) is 5.82 Å². The average molecular weight is 318 g/mol. The van der Waals surface area contributed by atoms with Crippen molar-refractivity contribution in [1.29, 1.82) is 0 Å². The number of rotatable bonds is 5. The van der Waals surface area contributed by atoms with Gasteiger partial charge < -0.3 is 14.5 Å². The van der Waals surface area contributed by atoms with Crippen molar-refractivity contribution in [2.75, 3.05) is 38.2 Å². The Labute approximate surface area is 135 Å². The first-order valence-electron chi connectivity index (χ1n) is 7.94. The number of aromatic nitrogens is 4. The monoisotopic (exact) mass is 318 g/mol. The number of amides is 1. The fourth-order valence-corrected chi connectivity index (χ4v) is 2.91. The summed E-state index contributed by atoms with van der Waals surface area (Å²) >= 11 is 0. The van der Waals surface area contributed by atoms with Gasteiger partial charge in [0, 0.05) is 32.8 Å². The number of hydrogen-bond donors (Lipinski definition) is 0. The second-order valence-corrected chi connectivity index (χ2v) is 5.67. The van der Waals surface area contributed by atoms with Gasteiger partial charge in [0.25, 0.3) is 5.78 Å². The van der Waals surface area contributed by atoms with Crippen molar-refractivity contribution >= 4 is 17.5 Å². The van der Waals surface area contributed by atoms with Crippen LogP contribution in [0.15, 0.2) is 12.4 Å². The van der Waals surface area contributed by atoms with Gasteiger partial charge in [0.2, 0.25) is 5.91 Å². The van der Waals surface area contributed by atoms with E-state index < -0.39 is 0 Å². The largest absolute Gasteiger partial charge is 0.378 e. The lowest BCUT2D eigenvalue weighted by Gasteiger charge is -2.23. The quantitative estimate of drug-likeness (QED) is 0.808. The SMILES string of the molecule is CCCN1CCCN(c2cc(COC)nc3ncnn23)CC1=O. The molecule has 8 nitrogen and oxygen atoms in total. The molecule has 3 heterocycles. The zero-order valence-electron chi connectivity index (χ0n) is 13.6. The smallest absolute Gasteiger partial charge is 0.254 e. The third kappa shape index (κ3) is 3.26. The maximum absolute atomic E-state index is 12.5. The van der Waals surface area contributed by atoms with E-state index in [1.807, 2.05) is 11.0 Å². The van der Waals surface area contributed by atoms with Crippen molar-refractivity contribution in [3.63, 3.8) is 0 Å². The highest BCUT2D eigenvalue weighted by atomic mass is 16.5. The summed E-state index contributed by atoms with van der Waals surface area (Å²) < 4.78 is 6.86. The highest BCUT2D eigenvalue weighted by Crippen LogP contribution is 2.19. The summed E-state index contributed by atoms with van der Waals surface area (Å²) in [5, 5.41) is 4.24. The van der Waals surface area contributed by atoms with Crippen LogP contribution in [0.25, 0.3) is 5.78 Å². The Balaban J connectivity index is 1.92. The fraction of sp³-hybridized carbons (Fsp3) is 0.600. The van der Waals surface area contributed by atoms with E-state index in [1.54, 1.807) is 11.6 Å². The van der Waals surface area contributed by atoms with Gasteiger partial charge in [0.1, 0.15) is 12.1 Å². The van der Waals surface area contributed by atoms with Gasteiger partial charge in [-0.1, -0.05) is 6.92 Å². The Morgan fingerprint density at radius 1 is 1.35 bits per heavy atom. The predicted octanol–water partition coefficient (Wildman–Crippen LogP) is 0.719. The van der Waals surface area contributed by atoms with Gasteiger partial charge in [-0.05, 0) is 12.8 Å². The molecule has 0 unspecified atom stereocenters. The van der Waals surface area contributed by atoms with E-state index in [0.29, 0.717) is 18.9 Å². The van der Waals surface area contributed by atoms with E-state index in [2.05, 4.69) is 26.9 Å². The van der Waals surface area contributed by atoms with Gasteiger partial charge >= 0.3 is 0 Å². The van der Waals surface area contributed by atoms with Crippen molar-refractivity contribution in [3.05, 3.63) is 18.1 Å². The molecular formula is C15H22N6O2. The van der Waals surface area contributed by atoms with Crippen LogP contribution in [-0.2, 0) is 16.1 Å². The molecule has 0 N–H and O–H groups in total. The Kier molecular flexibility index (Phi) is 4.71. The van der Waals surface area contributed by atoms with Crippen LogP contribution < -0.4 is 4.90 Å². The maximum Gasteiger partial charge on any atom is 0.254 e. The molecule has 3 rings (SSSR count). The molecule has 1 fully saturated rings. The third-order valence-corrected chi connectivity index (χ3v) is 3.93. The van der Waals surface area contributed by atoms with Crippen molar-refractivity contribution in [2.24, 2.45) is 0 Å². The molecule has 0 aliphatic carbocycles. The summed E-state index contributed by atoms with van der Waals surface area (Å²) in [4.78, 5) is 25.0. The average Bonchev–Trinajstić information content (AvgIpc) is 2.93. The van der Waals surface area contributed by atoms with E-state index in [0.717, 1.165) is 44.0 Å². The minimum Gasteiger partial charge on any atom is -0.378 e. The molecular weight excluding hydrogens is 296 g/mol. The number of nitrogens with zero attached hydrogens (tertiary/aromatic N) is 6. The molecule has 2 aromatic rings. The molecule has 1 saturated heterocycles. The minimum atomic E-state index is 0.155. The van der Waals surface area contributed by atoms with Gasteiger partial charge in [-0.15, -0.1) is 0 Å². The Morgan fingerprint density at radius 2 is 2.22 bits per heavy atom. The van der Waals surface area contributed by atoms with Crippen LogP contribution >= 0.6 is 0 Å². The lowest BCUT2D eigenvalue weighted by Crippen LogP contribution is -2.37. The molecule has 0 saturated carbocycles. The number of anilines is 1. The number of fused-ring (bicyclic) bond motifs is 1. The fourth-order valence-electron chi connectivity index (χ4n) is 2.91. The first kappa shape index (κ1) is 15.7. The summed E-state index contributed by atoms with van der Waals surface area (Å²) in [6.07, 6.45) is 3.39. The van der Waals surface area contributed by atoms with Crippen LogP contribution in [-0.4, -0.2) is 63.7 Å². The van der Waals surface area contributed by atoms with Crippen LogP contribution in [0.3, 0.4) is 0 Å². The Hall–Kier alpha value is -2.22. The standard InChI is InChI=1S/C15H22N6O2/c1-3-5-19-6-4-7-20(9-14(19)22)13-8-12(10-23-2)18-15-16-11-17-21(13)15/h8,11H,3-7,9-10H2,1-2H3. The van der Waals surface area contributed by atoms with Crippen LogP contribution in [0.2, 0.25) is 0 Å². The zero-order chi connectivity index (χ0) is 16.2. The minimum absolute atomic E-state index is 0.155. The Bertz CT molecular complexity index is 686. The normalized spacial score (nSPS) is 16.2. The number of carbonyl (C=O) groups is 1. The topological polar surface area (TPSA) is 75.9 Å². The molecule has 0 atom stereocenters. The van der Waals surface area contributed by atoms with Gasteiger partial charge in [-0.25, -0.2) is 4.98 Å². The third-order valence-electron chi connectivity index (χ3n) is 3.93. The Morgan fingerprint density at radius 3 is 3.00 bits per heavy atom. The molecule has 0 aromatic carbocycles. The molecule has 23 heavy (non-hydrogen) atoms. The molecule has 1 amide bonds. The van der Waals surface area contributed by atoms with Crippen LogP contribution in [0.1, 0.15) is 25.5 Å². The van der Waals surface area contributed by atoms with Gasteiger partial charge in [-0.3, -0.25) is 4.79 Å². The maximum atomic E-state index is 12.5. The van der Waals surface area contributed by atoms with Crippen molar-refractivity contribution < 1.29 is 9.53 Å². The van der Waals surface area contributed by atoms with Gasteiger partial charge in [0.15, 0.2) is 0 Å². The summed E-state index contributed by atoms with van der Waals surface area (Å²) in [6, 6.07) is 1.92. The van der Waals surface area contributed by atoms with E-state index >= 15 is 0 Å². The number of ether oxygens (including phenoxy) is 1. The molecule has 1 aliphatic rings.